The standard InChI is InChI=1S/C9H16N2O2S/c1-12-9(2-4-13-7-9)6-11-8-10-3-5-14-8/h2-7H2,1H3,(H,10,11). The van der Waals surface area contributed by atoms with Crippen molar-refractivity contribution < 1.29 is 9.47 Å². The zero-order valence-electron chi connectivity index (χ0n) is 8.41. The highest BCUT2D eigenvalue weighted by molar-refractivity contribution is 8.14. The molecule has 1 N–H and O–H groups in total. The number of aliphatic imine (C=N–C) groups is 1. The fourth-order valence-electron chi connectivity index (χ4n) is 1.64. The average molecular weight is 216 g/mol. The van der Waals surface area contributed by atoms with Gasteiger partial charge in [-0.1, -0.05) is 11.8 Å². The van der Waals surface area contributed by atoms with Gasteiger partial charge in [0.2, 0.25) is 0 Å². The van der Waals surface area contributed by atoms with Crippen LogP contribution in [0.4, 0.5) is 0 Å². The lowest BCUT2D eigenvalue weighted by Crippen LogP contribution is -2.44. The summed E-state index contributed by atoms with van der Waals surface area (Å²) in [6.45, 7) is 3.22. The van der Waals surface area contributed by atoms with Gasteiger partial charge < -0.3 is 14.8 Å². The molecule has 2 aliphatic heterocycles. The van der Waals surface area contributed by atoms with Crippen molar-refractivity contribution in [3.8, 4) is 0 Å². The molecular weight excluding hydrogens is 200 g/mol. The Morgan fingerprint density at radius 2 is 2.64 bits per heavy atom. The smallest absolute Gasteiger partial charge is 0.156 e. The molecule has 0 aromatic carbocycles. The first-order valence-electron chi connectivity index (χ1n) is 4.89. The molecule has 0 saturated carbocycles. The second kappa shape index (κ2) is 4.51. The van der Waals surface area contributed by atoms with Crippen LogP contribution in [-0.4, -0.2) is 49.9 Å². The molecule has 2 aliphatic rings. The first kappa shape index (κ1) is 10.3. The molecule has 0 spiro atoms. The van der Waals surface area contributed by atoms with Gasteiger partial charge in [0.15, 0.2) is 5.17 Å². The molecule has 80 valence electrons. The monoisotopic (exact) mass is 216 g/mol. The summed E-state index contributed by atoms with van der Waals surface area (Å²) in [5, 5.41) is 4.37. The largest absolute Gasteiger partial charge is 0.378 e. The highest BCUT2D eigenvalue weighted by atomic mass is 32.2. The van der Waals surface area contributed by atoms with Gasteiger partial charge in [0, 0.05) is 32.4 Å². The van der Waals surface area contributed by atoms with Gasteiger partial charge in [-0.05, 0) is 0 Å². The molecule has 0 aliphatic carbocycles. The van der Waals surface area contributed by atoms with E-state index < -0.39 is 0 Å². The number of methoxy groups -OCH3 is 1. The normalized spacial score (nSPS) is 31.9. The molecule has 5 heteroatoms. The van der Waals surface area contributed by atoms with Gasteiger partial charge in [-0.15, -0.1) is 0 Å². The third kappa shape index (κ3) is 2.21. The second-order valence-corrected chi connectivity index (χ2v) is 4.66. The van der Waals surface area contributed by atoms with Crippen LogP contribution >= 0.6 is 11.8 Å². The predicted octanol–water partition coefficient (Wildman–Crippen LogP) is 0.484. The fourth-order valence-corrected chi connectivity index (χ4v) is 2.37. The van der Waals surface area contributed by atoms with E-state index in [1.165, 1.54) is 0 Å². The van der Waals surface area contributed by atoms with Crippen LogP contribution in [0.25, 0.3) is 0 Å². The Kier molecular flexibility index (Phi) is 3.30. The number of thioether (sulfide) groups is 1. The average Bonchev–Trinajstić information content (AvgIpc) is 2.87. The predicted molar refractivity (Wildman–Crippen MR) is 57.9 cm³/mol. The highest BCUT2D eigenvalue weighted by Crippen LogP contribution is 2.22. The summed E-state index contributed by atoms with van der Waals surface area (Å²) in [4.78, 5) is 4.33. The summed E-state index contributed by atoms with van der Waals surface area (Å²) >= 11 is 1.78. The van der Waals surface area contributed by atoms with E-state index in [-0.39, 0.29) is 5.60 Å². The molecule has 2 heterocycles. The zero-order valence-corrected chi connectivity index (χ0v) is 9.23. The molecule has 0 amide bonds. The Morgan fingerprint density at radius 1 is 1.71 bits per heavy atom. The van der Waals surface area contributed by atoms with Gasteiger partial charge in [0.25, 0.3) is 0 Å². The van der Waals surface area contributed by atoms with E-state index in [1.54, 1.807) is 18.9 Å². The Morgan fingerprint density at radius 3 is 3.21 bits per heavy atom. The Hall–Kier alpha value is -0.260. The Labute approximate surface area is 88.4 Å². The number of nitrogens with zero attached hydrogens (tertiary/aromatic N) is 1. The molecule has 4 nitrogen and oxygen atoms in total. The summed E-state index contributed by atoms with van der Waals surface area (Å²) in [5.41, 5.74) is -0.133. The zero-order chi connectivity index (χ0) is 9.86. The molecule has 0 aromatic heterocycles. The van der Waals surface area contributed by atoms with Crippen LogP contribution in [0.15, 0.2) is 4.99 Å². The third-order valence-electron chi connectivity index (χ3n) is 2.65. The number of amidine groups is 1. The minimum absolute atomic E-state index is 0.133. The number of rotatable bonds is 3. The van der Waals surface area contributed by atoms with Crippen molar-refractivity contribution in [2.45, 2.75) is 12.0 Å². The van der Waals surface area contributed by atoms with Crippen molar-refractivity contribution in [3.63, 3.8) is 0 Å². The van der Waals surface area contributed by atoms with Crippen molar-refractivity contribution in [1.82, 2.24) is 5.32 Å². The first-order valence-corrected chi connectivity index (χ1v) is 5.87. The maximum atomic E-state index is 5.51. The van der Waals surface area contributed by atoms with Crippen LogP contribution in [0.3, 0.4) is 0 Å². The SMILES string of the molecule is COC1(CNC2=NCCS2)CCOC1. The first-order chi connectivity index (χ1) is 6.85. The molecule has 14 heavy (non-hydrogen) atoms. The van der Waals surface area contributed by atoms with Crippen LogP contribution < -0.4 is 5.32 Å². The molecular formula is C9H16N2O2S. The van der Waals surface area contributed by atoms with E-state index >= 15 is 0 Å². The second-order valence-electron chi connectivity index (χ2n) is 3.58. The molecule has 0 bridgehead atoms. The van der Waals surface area contributed by atoms with Gasteiger partial charge in [-0.2, -0.15) is 0 Å². The molecule has 1 saturated heterocycles. The summed E-state index contributed by atoms with van der Waals surface area (Å²) in [6.07, 6.45) is 0.967. The maximum absolute atomic E-state index is 5.51. The van der Waals surface area contributed by atoms with Crippen molar-refractivity contribution in [2.24, 2.45) is 4.99 Å². The number of ether oxygens (including phenoxy) is 2. The minimum atomic E-state index is -0.133. The van der Waals surface area contributed by atoms with E-state index in [1.807, 2.05) is 0 Å². The van der Waals surface area contributed by atoms with E-state index in [9.17, 15) is 0 Å². The lowest BCUT2D eigenvalue weighted by atomic mass is 10.0. The molecule has 0 aromatic rings. The number of nitrogens with one attached hydrogen (secondary N) is 1. The van der Waals surface area contributed by atoms with Gasteiger partial charge in [-0.25, -0.2) is 0 Å². The summed E-state index contributed by atoms with van der Waals surface area (Å²) < 4.78 is 10.9. The van der Waals surface area contributed by atoms with Crippen molar-refractivity contribution in [1.29, 1.82) is 0 Å². The molecule has 2 rings (SSSR count). The summed E-state index contributed by atoms with van der Waals surface area (Å²) in [5.74, 6) is 1.10. The topological polar surface area (TPSA) is 42.8 Å². The van der Waals surface area contributed by atoms with Crippen LogP contribution in [0.2, 0.25) is 0 Å². The highest BCUT2D eigenvalue weighted by Gasteiger charge is 2.35. The number of hydrogen-bond donors (Lipinski definition) is 1. The van der Waals surface area contributed by atoms with Crippen LogP contribution in [0.1, 0.15) is 6.42 Å². The molecule has 1 atom stereocenters. The van der Waals surface area contributed by atoms with E-state index in [0.717, 1.165) is 37.0 Å². The lowest BCUT2D eigenvalue weighted by Gasteiger charge is -2.26. The van der Waals surface area contributed by atoms with Gasteiger partial charge in [-0.3, -0.25) is 4.99 Å². The molecule has 1 fully saturated rings. The Balaban J connectivity index is 1.82. The van der Waals surface area contributed by atoms with Crippen molar-refractivity contribution in [2.75, 3.05) is 39.2 Å². The third-order valence-corrected chi connectivity index (χ3v) is 3.58. The summed E-state index contributed by atoms with van der Waals surface area (Å²) in [6, 6.07) is 0. The number of hydrogen-bond acceptors (Lipinski definition) is 5. The van der Waals surface area contributed by atoms with E-state index in [2.05, 4.69) is 10.3 Å². The van der Waals surface area contributed by atoms with Gasteiger partial charge >= 0.3 is 0 Å². The van der Waals surface area contributed by atoms with E-state index in [0.29, 0.717) is 6.61 Å². The summed E-state index contributed by atoms with van der Waals surface area (Å²) in [7, 11) is 1.75. The lowest BCUT2D eigenvalue weighted by molar-refractivity contribution is -0.0125. The van der Waals surface area contributed by atoms with Crippen LogP contribution in [0.5, 0.6) is 0 Å². The Bertz CT molecular complexity index is 227. The van der Waals surface area contributed by atoms with Gasteiger partial charge in [0.05, 0.1) is 13.2 Å². The van der Waals surface area contributed by atoms with E-state index in [4.69, 9.17) is 9.47 Å². The van der Waals surface area contributed by atoms with Crippen molar-refractivity contribution in [3.05, 3.63) is 0 Å². The quantitative estimate of drug-likeness (QED) is 0.745. The molecule has 1 unspecified atom stereocenters. The fraction of sp³-hybridized carbons (Fsp3) is 0.889. The van der Waals surface area contributed by atoms with Crippen molar-refractivity contribution >= 4 is 16.9 Å². The van der Waals surface area contributed by atoms with Crippen LogP contribution in [-0.2, 0) is 9.47 Å². The molecule has 0 radical (unpaired) electrons. The van der Waals surface area contributed by atoms with Crippen LogP contribution in [0, 0.1) is 0 Å². The van der Waals surface area contributed by atoms with Gasteiger partial charge in [0.1, 0.15) is 5.60 Å². The maximum Gasteiger partial charge on any atom is 0.156 e. The minimum Gasteiger partial charge on any atom is -0.378 e.